The Morgan fingerprint density at radius 3 is 2.42 bits per heavy atom. The molecule has 0 atom stereocenters. The second-order valence-corrected chi connectivity index (χ2v) is 6.39. The largest absolute Gasteiger partial charge is 0.492 e. The van der Waals surface area contributed by atoms with E-state index in [2.05, 4.69) is 16.7 Å². The van der Waals surface area contributed by atoms with Crippen molar-refractivity contribution in [3.05, 3.63) is 29.3 Å². The first-order valence-electron chi connectivity index (χ1n) is 8.25. The Bertz CT molecular complexity index is 505. The number of aryl methyl sites for hydroxylation is 2. The summed E-state index contributed by atoms with van der Waals surface area (Å²) in [5.74, 6) is 0.926. The summed E-state index contributed by atoms with van der Waals surface area (Å²) in [7, 11) is 1.65. The average molecular weight is 357 g/mol. The number of carbonyl (C=O) groups is 1. The van der Waals surface area contributed by atoms with Crippen molar-refractivity contribution < 1.29 is 14.3 Å². The second kappa shape index (κ2) is 9.87. The van der Waals surface area contributed by atoms with Crippen molar-refractivity contribution in [2.45, 2.75) is 26.7 Å². The molecule has 6 heteroatoms. The van der Waals surface area contributed by atoms with Gasteiger partial charge in [-0.25, -0.2) is 0 Å². The van der Waals surface area contributed by atoms with Gasteiger partial charge in [-0.2, -0.15) is 0 Å². The zero-order chi connectivity index (χ0) is 16.7. The maximum atomic E-state index is 12.6. The Hall–Kier alpha value is -1.30. The van der Waals surface area contributed by atoms with E-state index in [0.717, 1.165) is 31.7 Å². The summed E-state index contributed by atoms with van der Waals surface area (Å²) in [6.07, 6.45) is 1.62. The quantitative estimate of drug-likeness (QED) is 0.735. The lowest BCUT2D eigenvalue weighted by Gasteiger charge is -2.35. The van der Waals surface area contributed by atoms with Gasteiger partial charge >= 0.3 is 0 Å². The number of benzene rings is 1. The molecule has 1 saturated heterocycles. The van der Waals surface area contributed by atoms with E-state index < -0.39 is 5.41 Å². The number of hydrogen-bond acceptors (Lipinski definition) is 4. The molecule has 1 aliphatic rings. The van der Waals surface area contributed by atoms with Crippen molar-refractivity contribution in [1.29, 1.82) is 0 Å². The molecule has 2 N–H and O–H groups in total. The molecule has 1 aliphatic heterocycles. The first-order valence-corrected chi connectivity index (χ1v) is 8.25. The van der Waals surface area contributed by atoms with Crippen LogP contribution in [0.15, 0.2) is 18.2 Å². The molecule has 0 bridgehead atoms. The summed E-state index contributed by atoms with van der Waals surface area (Å²) in [4.78, 5) is 12.6. The van der Waals surface area contributed by atoms with Gasteiger partial charge in [0.2, 0.25) is 5.91 Å². The number of nitrogens with one attached hydrogen (secondary N) is 2. The van der Waals surface area contributed by atoms with E-state index in [1.165, 1.54) is 11.1 Å². The summed E-state index contributed by atoms with van der Waals surface area (Å²) in [6.45, 7) is 7.26. The molecule has 5 nitrogen and oxygen atoms in total. The Balaban J connectivity index is 0.00000288. The number of rotatable bonds is 7. The highest BCUT2D eigenvalue weighted by atomic mass is 35.5. The normalized spacial score (nSPS) is 16.1. The summed E-state index contributed by atoms with van der Waals surface area (Å²) in [5, 5.41) is 6.30. The Labute approximate surface area is 150 Å². The van der Waals surface area contributed by atoms with Crippen molar-refractivity contribution in [3.8, 4) is 5.75 Å². The predicted octanol–water partition coefficient (Wildman–Crippen LogP) is 2.24. The first-order chi connectivity index (χ1) is 11.1. The fourth-order valence-corrected chi connectivity index (χ4v) is 3.16. The van der Waals surface area contributed by atoms with Crippen LogP contribution >= 0.6 is 12.4 Å². The molecule has 1 fully saturated rings. The molecule has 2 rings (SSSR count). The van der Waals surface area contributed by atoms with Crippen LogP contribution in [0.5, 0.6) is 5.75 Å². The van der Waals surface area contributed by atoms with Gasteiger partial charge in [0.15, 0.2) is 0 Å². The van der Waals surface area contributed by atoms with E-state index in [-0.39, 0.29) is 18.3 Å². The van der Waals surface area contributed by atoms with Crippen molar-refractivity contribution in [3.63, 3.8) is 0 Å². The molecule has 1 aromatic carbocycles. The third-order valence-electron chi connectivity index (χ3n) is 4.31. The fraction of sp³-hybridized carbons (Fsp3) is 0.611. The molecule has 0 radical (unpaired) electrons. The van der Waals surface area contributed by atoms with Crippen LogP contribution in [0.2, 0.25) is 0 Å². The maximum Gasteiger partial charge on any atom is 0.228 e. The van der Waals surface area contributed by atoms with Crippen LogP contribution in [0.25, 0.3) is 0 Å². The minimum absolute atomic E-state index is 0. The van der Waals surface area contributed by atoms with Gasteiger partial charge in [-0.15, -0.1) is 12.4 Å². The van der Waals surface area contributed by atoms with Crippen LogP contribution in [0.3, 0.4) is 0 Å². The van der Waals surface area contributed by atoms with Gasteiger partial charge in [0.05, 0.1) is 18.6 Å². The lowest BCUT2D eigenvalue weighted by atomic mass is 9.78. The lowest BCUT2D eigenvalue weighted by molar-refractivity contribution is -0.136. The molecule has 1 amide bonds. The van der Waals surface area contributed by atoms with Gasteiger partial charge in [0, 0.05) is 7.11 Å². The second-order valence-electron chi connectivity index (χ2n) is 6.39. The summed E-state index contributed by atoms with van der Waals surface area (Å²) >= 11 is 0. The highest BCUT2D eigenvalue weighted by Crippen LogP contribution is 2.29. The molecule has 1 aromatic rings. The average Bonchev–Trinajstić information content (AvgIpc) is 2.51. The Morgan fingerprint density at radius 2 is 1.83 bits per heavy atom. The predicted molar refractivity (Wildman–Crippen MR) is 98.1 cm³/mol. The van der Waals surface area contributed by atoms with Crippen molar-refractivity contribution in [2.75, 3.05) is 40.0 Å². The van der Waals surface area contributed by atoms with Crippen LogP contribution < -0.4 is 15.4 Å². The van der Waals surface area contributed by atoms with E-state index in [1.807, 2.05) is 26.0 Å². The molecule has 0 aromatic heterocycles. The molecular formula is C18H29ClN2O3. The summed E-state index contributed by atoms with van der Waals surface area (Å²) in [6, 6.07) is 6.13. The number of ether oxygens (including phenoxy) is 2. The van der Waals surface area contributed by atoms with Gasteiger partial charge < -0.3 is 20.1 Å². The highest BCUT2D eigenvalue weighted by molar-refractivity contribution is 5.85. The number of carbonyl (C=O) groups excluding carboxylic acids is 1. The van der Waals surface area contributed by atoms with Crippen molar-refractivity contribution in [1.82, 2.24) is 10.6 Å². The van der Waals surface area contributed by atoms with Crippen LogP contribution in [0.4, 0.5) is 0 Å². The summed E-state index contributed by atoms with van der Waals surface area (Å²) < 4.78 is 11.0. The maximum absolute atomic E-state index is 12.6. The Kier molecular flexibility index (Phi) is 8.53. The third kappa shape index (κ3) is 5.65. The molecular weight excluding hydrogens is 328 g/mol. The van der Waals surface area contributed by atoms with E-state index in [1.54, 1.807) is 7.11 Å². The van der Waals surface area contributed by atoms with Gasteiger partial charge in [-0.3, -0.25) is 4.79 Å². The lowest BCUT2D eigenvalue weighted by Crippen LogP contribution is -2.50. The van der Waals surface area contributed by atoms with Crippen LogP contribution in [0.1, 0.15) is 24.0 Å². The van der Waals surface area contributed by atoms with Gasteiger partial charge in [0.1, 0.15) is 12.4 Å². The number of hydrogen-bond donors (Lipinski definition) is 2. The number of halogens is 1. The molecule has 0 spiro atoms. The van der Waals surface area contributed by atoms with Gasteiger partial charge in [-0.05, 0) is 63.0 Å². The zero-order valence-electron chi connectivity index (χ0n) is 14.8. The SMILES string of the molecule is COCC1(C(=O)NCCOc2cc(C)cc(C)c2)CCNCC1.Cl. The fourth-order valence-electron chi connectivity index (χ4n) is 3.16. The van der Waals surface area contributed by atoms with Crippen LogP contribution in [0, 0.1) is 19.3 Å². The van der Waals surface area contributed by atoms with E-state index in [4.69, 9.17) is 9.47 Å². The number of piperidine rings is 1. The third-order valence-corrected chi connectivity index (χ3v) is 4.31. The first kappa shape index (κ1) is 20.7. The summed E-state index contributed by atoms with van der Waals surface area (Å²) in [5.41, 5.74) is 1.95. The zero-order valence-corrected chi connectivity index (χ0v) is 15.6. The van der Waals surface area contributed by atoms with Crippen LogP contribution in [-0.4, -0.2) is 45.9 Å². The molecule has 136 valence electrons. The van der Waals surface area contributed by atoms with Crippen molar-refractivity contribution >= 4 is 18.3 Å². The topological polar surface area (TPSA) is 59.6 Å². The number of amides is 1. The smallest absolute Gasteiger partial charge is 0.228 e. The van der Waals surface area contributed by atoms with Gasteiger partial charge in [-0.1, -0.05) is 6.07 Å². The molecule has 0 unspecified atom stereocenters. The van der Waals surface area contributed by atoms with Gasteiger partial charge in [0.25, 0.3) is 0 Å². The standard InChI is InChI=1S/C18H28N2O3.ClH/c1-14-10-15(2)12-16(11-14)23-9-8-20-17(21)18(13-22-3)4-6-19-7-5-18;/h10-12,19H,4-9,13H2,1-3H3,(H,20,21);1H. The minimum Gasteiger partial charge on any atom is -0.492 e. The van der Waals surface area contributed by atoms with Crippen molar-refractivity contribution in [2.24, 2.45) is 5.41 Å². The van der Waals surface area contributed by atoms with E-state index in [9.17, 15) is 4.79 Å². The molecule has 1 heterocycles. The number of methoxy groups -OCH3 is 1. The van der Waals surface area contributed by atoms with E-state index in [0.29, 0.717) is 19.8 Å². The molecule has 24 heavy (non-hydrogen) atoms. The molecule has 0 saturated carbocycles. The van der Waals surface area contributed by atoms with Crippen LogP contribution in [-0.2, 0) is 9.53 Å². The highest BCUT2D eigenvalue weighted by Gasteiger charge is 2.39. The monoisotopic (exact) mass is 356 g/mol. The van der Waals surface area contributed by atoms with E-state index >= 15 is 0 Å². The molecule has 0 aliphatic carbocycles. The Morgan fingerprint density at radius 1 is 1.21 bits per heavy atom. The minimum atomic E-state index is -0.403.